The van der Waals surface area contributed by atoms with E-state index in [1.165, 1.54) is 49.0 Å². The Morgan fingerprint density at radius 3 is 2.36 bits per heavy atom. The number of carboxylic acid groups (broad SMARTS) is 1. The first-order valence-corrected chi connectivity index (χ1v) is 15.6. The normalized spacial score (nSPS) is 14.4. The molecule has 3 aromatic carbocycles. The van der Waals surface area contributed by atoms with Gasteiger partial charge in [0, 0.05) is 12.1 Å². The van der Waals surface area contributed by atoms with Gasteiger partial charge < -0.3 is 15.7 Å². The number of aromatic nitrogens is 1. The number of rotatable bonds is 10. The fourth-order valence-electron chi connectivity index (χ4n) is 5.39. The van der Waals surface area contributed by atoms with Gasteiger partial charge in [-0.15, -0.1) is 0 Å². The number of aliphatic carboxylic acids is 1. The van der Waals surface area contributed by atoms with Gasteiger partial charge in [0.25, 0.3) is 5.91 Å². The van der Waals surface area contributed by atoms with E-state index in [2.05, 4.69) is 27.8 Å². The fourth-order valence-corrected chi connectivity index (χ4v) is 6.79. The molecule has 2 amide bonds. The van der Waals surface area contributed by atoms with E-state index in [4.69, 9.17) is 28.3 Å². The van der Waals surface area contributed by atoms with E-state index >= 15 is 0 Å². The lowest BCUT2D eigenvalue weighted by Crippen LogP contribution is -2.26. The molecule has 0 spiro atoms. The molecule has 5 rings (SSSR count). The molecule has 0 radical (unpaired) electrons. The van der Waals surface area contributed by atoms with Gasteiger partial charge in [0.15, 0.2) is 5.13 Å². The van der Waals surface area contributed by atoms with Crippen LogP contribution in [0.5, 0.6) is 0 Å². The summed E-state index contributed by atoms with van der Waals surface area (Å²) in [6.07, 6.45) is 6.46. The Labute approximate surface area is 258 Å². The lowest BCUT2D eigenvalue weighted by Gasteiger charge is -2.23. The molecule has 1 aliphatic rings. The highest BCUT2D eigenvalue weighted by molar-refractivity contribution is 7.23. The molecular formula is C32H31Cl2N3O4S. The van der Waals surface area contributed by atoms with Crippen molar-refractivity contribution >= 4 is 67.7 Å². The largest absolute Gasteiger partial charge is 0.481 e. The number of carboxylic acids is 1. The number of nitrogens with one attached hydrogen (secondary N) is 2. The van der Waals surface area contributed by atoms with Crippen LogP contribution in [0.4, 0.5) is 5.13 Å². The molecular weight excluding hydrogens is 593 g/mol. The zero-order chi connectivity index (χ0) is 29.6. The third-order valence-electron chi connectivity index (χ3n) is 7.69. The number of hydrogen-bond donors (Lipinski definition) is 3. The molecule has 1 unspecified atom stereocenters. The van der Waals surface area contributed by atoms with Crippen LogP contribution in [0.15, 0.2) is 60.7 Å². The maximum Gasteiger partial charge on any atom is 0.305 e. The highest BCUT2D eigenvalue weighted by Crippen LogP contribution is 2.37. The van der Waals surface area contributed by atoms with Crippen LogP contribution in [0.3, 0.4) is 0 Å². The van der Waals surface area contributed by atoms with Gasteiger partial charge in [-0.05, 0) is 66.1 Å². The highest BCUT2D eigenvalue weighted by Gasteiger charge is 2.24. The predicted octanol–water partition coefficient (Wildman–Crippen LogP) is 7.82. The molecule has 1 aliphatic carbocycles. The van der Waals surface area contributed by atoms with Gasteiger partial charge in [-0.3, -0.25) is 14.4 Å². The molecule has 42 heavy (non-hydrogen) atoms. The highest BCUT2D eigenvalue weighted by atomic mass is 35.5. The maximum atomic E-state index is 13.8. The Morgan fingerprint density at radius 2 is 1.67 bits per heavy atom. The smallest absolute Gasteiger partial charge is 0.305 e. The average Bonchev–Trinajstić information content (AvgIpc) is 3.41. The van der Waals surface area contributed by atoms with Crippen molar-refractivity contribution in [1.29, 1.82) is 0 Å². The molecule has 1 atom stereocenters. The molecule has 4 aromatic rings. The van der Waals surface area contributed by atoms with Crippen molar-refractivity contribution in [2.75, 3.05) is 11.9 Å². The first-order valence-electron chi connectivity index (χ1n) is 14.0. The minimum atomic E-state index is -0.973. The average molecular weight is 625 g/mol. The van der Waals surface area contributed by atoms with Crippen LogP contribution in [-0.4, -0.2) is 34.4 Å². The maximum absolute atomic E-state index is 13.8. The van der Waals surface area contributed by atoms with E-state index in [-0.39, 0.29) is 24.8 Å². The quantitative estimate of drug-likeness (QED) is 0.167. The van der Waals surface area contributed by atoms with E-state index in [1.807, 2.05) is 24.3 Å². The molecule has 1 heterocycles. The zero-order valence-corrected chi connectivity index (χ0v) is 25.2. The number of carbonyl (C=O) groups is 3. The number of carbonyl (C=O) groups excluding carboxylic acids is 2. The van der Waals surface area contributed by atoms with E-state index in [9.17, 15) is 14.4 Å². The van der Waals surface area contributed by atoms with Crippen LogP contribution < -0.4 is 10.6 Å². The van der Waals surface area contributed by atoms with E-state index < -0.39 is 11.9 Å². The minimum Gasteiger partial charge on any atom is -0.481 e. The molecule has 1 fully saturated rings. The van der Waals surface area contributed by atoms with Crippen molar-refractivity contribution < 1.29 is 19.5 Å². The van der Waals surface area contributed by atoms with Gasteiger partial charge in [0.2, 0.25) is 5.91 Å². The zero-order valence-electron chi connectivity index (χ0n) is 22.9. The van der Waals surface area contributed by atoms with Crippen LogP contribution in [0.1, 0.15) is 77.4 Å². The summed E-state index contributed by atoms with van der Waals surface area (Å²) in [7, 11) is 0. The molecule has 10 heteroatoms. The Bertz CT molecular complexity index is 1580. The summed E-state index contributed by atoms with van der Waals surface area (Å²) in [5.74, 6) is -1.46. The van der Waals surface area contributed by atoms with E-state index in [0.717, 1.165) is 11.1 Å². The van der Waals surface area contributed by atoms with Crippen molar-refractivity contribution in [3.8, 4) is 0 Å². The Hall–Kier alpha value is -3.46. The SMILES string of the molecule is O=C(O)CCNC(=O)c1ccc(CC(C(=O)Nc2nc3ccc(Cl)c(Cl)c3s2)c2ccc(C3CCCCC3)cc2)cc1. The van der Waals surface area contributed by atoms with Crippen molar-refractivity contribution in [3.63, 3.8) is 0 Å². The molecule has 0 bridgehead atoms. The topological polar surface area (TPSA) is 108 Å². The minimum absolute atomic E-state index is 0.0538. The molecule has 0 saturated heterocycles. The summed E-state index contributed by atoms with van der Waals surface area (Å²) < 4.78 is 0.713. The summed E-state index contributed by atoms with van der Waals surface area (Å²) in [4.78, 5) is 41.4. The number of amides is 2. The van der Waals surface area contributed by atoms with E-state index in [0.29, 0.717) is 43.3 Å². The lowest BCUT2D eigenvalue weighted by molar-refractivity contribution is -0.136. The monoisotopic (exact) mass is 623 g/mol. The third-order valence-corrected chi connectivity index (χ3v) is 9.61. The second-order valence-electron chi connectivity index (χ2n) is 10.6. The fraction of sp³-hybridized carbons (Fsp3) is 0.312. The molecule has 3 N–H and O–H groups in total. The number of hydrogen-bond acceptors (Lipinski definition) is 5. The second kappa shape index (κ2) is 13.7. The summed E-state index contributed by atoms with van der Waals surface area (Å²) in [5, 5.41) is 15.7. The van der Waals surface area contributed by atoms with Crippen molar-refractivity contribution in [1.82, 2.24) is 10.3 Å². The number of thiazole rings is 1. The molecule has 0 aliphatic heterocycles. The Kier molecular flexibility index (Phi) is 9.77. The van der Waals surface area contributed by atoms with E-state index in [1.54, 1.807) is 24.3 Å². The van der Waals surface area contributed by atoms with Crippen LogP contribution in [-0.2, 0) is 16.0 Å². The molecule has 7 nitrogen and oxygen atoms in total. The molecule has 1 aromatic heterocycles. The number of halogens is 2. The van der Waals surface area contributed by atoms with Gasteiger partial charge in [0.05, 0.1) is 32.6 Å². The summed E-state index contributed by atoms with van der Waals surface area (Å²) in [6.45, 7) is 0.0538. The standard InChI is InChI=1S/C32H31Cl2N3O4S/c33-25-14-15-26-29(28(25)34)42-32(36-26)37-31(41)24(22-12-10-21(11-13-22)20-4-2-1-3-5-20)18-19-6-8-23(9-7-19)30(40)35-17-16-27(38)39/h6-15,20,24H,1-5,16-18H2,(H,35,40)(H,38,39)(H,36,37,41). The molecule has 218 valence electrons. The van der Waals surface area contributed by atoms with Crippen LogP contribution >= 0.6 is 34.5 Å². The third kappa shape index (κ3) is 7.30. The van der Waals surface area contributed by atoms with Crippen LogP contribution in [0.2, 0.25) is 10.0 Å². The van der Waals surface area contributed by atoms with Crippen LogP contribution in [0, 0.1) is 0 Å². The summed E-state index contributed by atoms with van der Waals surface area (Å²) >= 11 is 13.8. The van der Waals surface area contributed by atoms with Crippen molar-refractivity contribution in [3.05, 3.63) is 93.0 Å². The van der Waals surface area contributed by atoms with Gasteiger partial charge in [-0.25, -0.2) is 4.98 Å². The first-order chi connectivity index (χ1) is 20.3. The van der Waals surface area contributed by atoms with Gasteiger partial charge in [-0.1, -0.05) is 90.2 Å². The number of benzene rings is 3. The van der Waals surface area contributed by atoms with Gasteiger partial charge >= 0.3 is 5.97 Å². The Morgan fingerprint density at radius 1 is 0.952 bits per heavy atom. The number of nitrogens with zero attached hydrogens (tertiary/aromatic N) is 1. The Balaban J connectivity index is 1.36. The molecule has 1 saturated carbocycles. The summed E-state index contributed by atoms with van der Waals surface area (Å²) in [5.41, 5.74) is 4.17. The second-order valence-corrected chi connectivity index (χ2v) is 12.4. The van der Waals surface area contributed by atoms with Gasteiger partial charge in [0.1, 0.15) is 0 Å². The summed E-state index contributed by atoms with van der Waals surface area (Å²) in [6, 6.07) is 18.9. The van der Waals surface area contributed by atoms with Crippen molar-refractivity contribution in [2.45, 2.75) is 56.8 Å². The van der Waals surface area contributed by atoms with Crippen molar-refractivity contribution in [2.24, 2.45) is 0 Å². The number of anilines is 1. The van der Waals surface area contributed by atoms with Crippen LogP contribution in [0.25, 0.3) is 10.2 Å². The lowest BCUT2D eigenvalue weighted by atomic mass is 9.83. The van der Waals surface area contributed by atoms with Gasteiger partial charge in [-0.2, -0.15) is 0 Å². The predicted molar refractivity (Wildman–Crippen MR) is 168 cm³/mol. The first kappa shape index (κ1) is 30.0. The number of fused-ring (bicyclic) bond motifs is 1.